The molecule has 3 aromatic rings. The van der Waals surface area contributed by atoms with Crippen molar-refractivity contribution in [2.45, 2.75) is 0 Å². The predicted octanol–water partition coefficient (Wildman–Crippen LogP) is 3.83. The zero-order valence-electron chi connectivity index (χ0n) is 11.1. The molecule has 0 radical (unpaired) electrons. The molecule has 0 saturated heterocycles. The third-order valence-corrected chi connectivity index (χ3v) is 3.40. The normalized spacial score (nSPS) is 10.8. The number of para-hydroxylation sites is 1. The van der Waals surface area contributed by atoms with E-state index in [-0.39, 0.29) is 16.9 Å². The van der Waals surface area contributed by atoms with Gasteiger partial charge in [-0.05, 0) is 30.3 Å². The Balaban J connectivity index is 2.34. The fourth-order valence-electron chi connectivity index (χ4n) is 2.15. The zero-order valence-corrected chi connectivity index (χ0v) is 11.8. The molecule has 4 nitrogen and oxygen atoms in total. The van der Waals surface area contributed by atoms with Crippen LogP contribution < -0.4 is 10.2 Å². The second-order valence-corrected chi connectivity index (χ2v) is 4.91. The van der Waals surface area contributed by atoms with Crippen molar-refractivity contribution in [1.29, 1.82) is 0 Å². The highest BCUT2D eigenvalue weighted by Gasteiger charge is 2.13. The second kappa shape index (κ2) is 5.14. The molecule has 0 bridgehead atoms. The van der Waals surface area contributed by atoms with Gasteiger partial charge in [-0.2, -0.15) is 0 Å². The summed E-state index contributed by atoms with van der Waals surface area (Å²) < 4.78 is 10.9. The van der Waals surface area contributed by atoms with Crippen molar-refractivity contribution in [3.8, 4) is 22.8 Å². The van der Waals surface area contributed by atoms with Crippen LogP contribution in [0.3, 0.4) is 0 Å². The standard InChI is InChI=1S/C16H11ClO4/c1-20-14-4-2-3-10-13(19)8-15(21-16(10)14)11-7-9(17)5-6-12(11)18/h2-8,18H,1H3. The van der Waals surface area contributed by atoms with Crippen molar-refractivity contribution in [2.24, 2.45) is 0 Å². The maximum atomic E-state index is 12.2. The summed E-state index contributed by atoms with van der Waals surface area (Å²) in [6, 6.07) is 10.9. The van der Waals surface area contributed by atoms with Crippen molar-refractivity contribution in [3.63, 3.8) is 0 Å². The summed E-state index contributed by atoms with van der Waals surface area (Å²) in [5.41, 5.74) is 0.471. The maximum absolute atomic E-state index is 12.2. The molecule has 5 heteroatoms. The van der Waals surface area contributed by atoms with Crippen LogP contribution in [0.15, 0.2) is 51.7 Å². The van der Waals surface area contributed by atoms with E-state index in [9.17, 15) is 9.90 Å². The van der Waals surface area contributed by atoms with Gasteiger partial charge < -0.3 is 14.3 Å². The summed E-state index contributed by atoms with van der Waals surface area (Å²) in [5.74, 6) is 0.668. The Morgan fingerprint density at radius 1 is 1.19 bits per heavy atom. The molecule has 0 aliphatic heterocycles. The number of hydrogen-bond acceptors (Lipinski definition) is 4. The molecule has 2 aromatic carbocycles. The lowest BCUT2D eigenvalue weighted by Crippen LogP contribution is -2.01. The Morgan fingerprint density at radius 3 is 2.76 bits per heavy atom. The lowest BCUT2D eigenvalue weighted by Gasteiger charge is -2.08. The fourth-order valence-corrected chi connectivity index (χ4v) is 2.32. The van der Waals surface area contributed by atoms with Crippen molar-refractivity contribution in [1.82, 2.24) is 0 Å². The molecular weight excluding hydrogens is 292 g/mol. The lowest BCUT2D eigenvalue weighted by molar-refractivity contribution is 0.409. The minimum atomic E-state index is -0.218. The third kappa shape index (κ3) is 2.34. The van der Waals surface area contributed by atoms with Crippen molar-refractivity contribution in [3.05, 3.63) is 57.7 Å². The summed E-state index contributed by atoms with van der Waals surface area (Å²) in [5, 5.41) is 10.8. The second-order valence-electron chi connectivity index (χ2n) is 4.47. The van der Waals surface area contributed by atoms with Gasteiger partial charge in [0.25, 0.3) is 0 Å². The summed E-state index contributed by atoms with van der Waals surface area (Å²) in [6.07, 6.45) is 0. The third-order valence-electron chi connectivity index (χ3n) is 3.16. The number of rotatable bonds is 2. The number of phenolic OH excluding ortho intramolecular Hbond substituents is 1. The van der Waals surface area contributed by atoms with Gasteiger partial charge in [-0.1, -0.05) is 17.7 Å². The van der Waals surface area contributed by atoms with Gasteiger partial charge in [0, 0.05) is 11.1 Å². The number of hydrogen-bond donors (Lipinski definition) is 1. The maximum Gasteiger partial charge on any atom is 0.193 e. The Bertz CT molecular complexity index is 883. The molecule has 0 unspecified atom stereocenters. The van der Waals surface area contributed by atoms with Crippen molar-refractivity contribution < 1.29 is 14.3 Å². The van der Waals surface area contributed by atoms with Gasteiger partial charge in [-0.3, -0.25) is 4.79 Å². The highest BCUT2D eigenvalue weighted by molar-refractivity contribution is 6.30. The first-order chi connectivity index (χ1) is 10.1. The molecule has 106 valence electrons. The Kier molecular flexibility index (Phi) is 3.31. The first-order valence-electron chi connectivity index (χ1n) is 6.20. The molecule has 3 rings (SSSR count). The van der Waals surface area contributed by atoms with Gasteiger partial charge in [0.05, 0.1) is 18.1 Å². The summed E-state index contributed by atoms with van der Waals surface area (Å²) in [4.78, 5) is 12.2. The van der Waals surface area contributed by atoms with Crippen LogP contribution in [0.1, 0.15) is 0 Å². The summed E-state index contributed by atoms with van der Waals surface area (Å²) >= 11 is 5.93. The number of halogens is 1. The predicted molar refractivity (Wildman–Crippen MR) is 81.1 cm³/mol. The number of benzene rings is 2. The van der Waals surface area contributed by atoms with E-state index >= 15 is 0 Å². The van der Waals surface area contributed by atoms with Gasteiger partial charge in [-0.25, -0.2) is 0 Å². The van der Waals surface area contributed by atoms with Gasteiger partial charge in [0.2, 0.25) is 0 Å². The van der Waals surface area contributed by atoms with Crippen LogP contribution in [0.5, 0.6) is 11.5 Å². The SMILES string of the molecule is COc1cccc2c(=O)cc(-c3cc(Cl)ccc3O)oc12. The monoisotopic (exact) mass is 302 g/mol. The van der Waals surface area contributed by atoms with Crippen LogP contribution in [0, 0.1) is 0 Å². The zero-order chi connectivity index (χ0) is 15.0. The van der Waals surface area contributed by atoms with E-state index in [1.807, 2.05) is 0 Å². The molecule has 0 aliphatic carbocycles. The van der Waals surface area contributed by atoms with Crippen molar-refractivity contribution in [2.75, 3.05) is 7.11 Å². The van der Waals surface area contributed by atoms with Crippen LogP contribution >= 0.6 is 11.6 Å². The molecule has 0 fully saturated rings. The van der Waals surface area contributed by atoms with E-state index in [4.69, 9.17) is 20.8 Å². The fraction of sp³-hybridized carbons (Fsp3) is 0.0625. The molecule has 0 amide bonds. The molecular formula is C16H11ClO4. The minimum absolute atomic E-state index is 0.0169. The highest BCUT2D eigenvalue weighted by Crippen LogP contribution is 2.34. The van der Waals surface area contributed by atoms with Crippen LogP contribution in [-0.4, -0.2) is 12.2 Å². The van der Waals surface area contributed by atoms with Gasteiger partial charge in [0.1, 0.15) is 11.5 Å². The van der Waals surface area contributed by atoms with E-state index in [0.29, 0.717) is 27.3 Å². The molecule has 0 aliphatic rings. The van der Waals surface area contributed by atoms with Crippen LogP contribution in [0.25, 0.3) is 22.3 Å². The number of ether oxygens (including phenoxy) is 1. The van der Waals surface area contributed by atoms with E-state index in [1.54, 1.807) is 24.3 Å². The molecule has 1 heterocycles. The quantitative estimate of drug-likeness (QED) is 0.781. The molecule has 1 N–H and O–H groups in total. The van der Waals surface area contributed by atoms with Crippen LogP contribution in [0.4, 0.5) is 0 Å². The molecule has 1 aromatic heterocycles. The van der Waals surface area contributed by atoms with Gasteiger partial charge in [-0.15, -0.1) is 0 Å². The Morgan fingerprint density at radius 2 is 2.00 bits per heavy atom. The van der Waals surface area contributed by atoms with E-state index in [0.717, 1.165) is 0 Å². The van der Waals surface area contributed by atoms with Gasteiger partial charge >= 0.3 is 0 Å². The average Bonchev–Trinajstić information content (AvgIpc) is 2.49. The number of methoxy groups -OCH3 is 1. The van der Waals surface area contributed by atoms with E-state index < -0.39 is 0 Å². The molecule has 0 atom stereocenters. The average molecular weight is 303 g/mol. The molecule has 0 spiro atoms. The van der Waals surface area contributed by atoms with E-state index in [1.165, 1.54) is 25.3 Å². The summed E-state index contributed by atoms with van der Waals surface area (Å²) in [6.45, 7) is 0. The smallest absolute Gasteiger partial charge is 0.193 e. The Hall–Kier alpha value is -2.46. The molecule has 21 heavy (non-hydrogen) atoms. The number of aromatic hydroxyl groups is 1. The topological polar surface area (TPSA) is 59.7 Å². The largest absolute Gasteiger partial charge is 0.507 e. The van der Waals surface area contributed by atoms with Gasteiger partial charge in [0.15, 0.2) is 16.8 Å². The van der Waals surface area contributed by atoms with Crippen LogP contribution in [-0.2, 0) is 0 Å². The van der Waals surface area contributed by atoms with Crippen molar-refractivity contribution >= 4 is 22.6 Å². The highest BCUT2D eigenvalue weighted by atomic mass is 35.5. The lowest BCUT2D eigenvalue weighted by atomic mass is 10.1. The number of fused-ring (bicyclic) bond motifs is 1. The Labute approximate surface area is 125 Å². The van der Waals surface area contributed by atoms with Crippen LogP contribution in [0.2, 0.25) is 5.02 Å². The number of phenols is 1. The van der Waals surface area contributed by atoms with E-state index in [2.05, 4.69) is 0 Å². The molecule has 0 saturated carbocycles. The summed E-state index contributed by atoms with van der Waals surface area (Å²) in [7, 11) is 1.50. The first kappa shape index (κ1) is 13.5. The minimum Gasteiger partial charge on any atom is -0.507 e. The first-order valence-corrected chi connectivity index (χ1v) is 6.57.